The number of esters is 4. The number of hydrogen-bond acceptors (Lipinski definition) is 15. The minimum atomic E-state index is -5.49. The van der Waals surface area contributed by atoms with Crippen molar-refractivity contribution in [2.24, 2.45) is 94.7 Å². The van der Waals surface area contributed by atoms with Crippen LogP contribution in [0.1, 0.15) is 71.6 Å². The maximum absolute atomic E-state index is 17.8. The Morgan fingerprint density at radius 3 is 0.800 bits per heavy atom. The lowest BCUT2D eigenvalue weighted by atomic mass is 9.40. The number of rotatable bonds is 8. The van der Waals surface area contributed by atoms with Crippen LogP contribution in [0, 0.1) is 94.7 Å². The summed E-state index contributed by atoms with van der Waals surface area (Å²) in [4.78, 5) is 61.7. The highest BCUT2D eigenvalue weighted by Gasteiger charge is 3.03. The molecule has 8 aliphatic carbocycles. The van der Waals surface area contributed by atoms with Crippen LogP contribution in [-0.2, 0) is 52.3 Å². The second kappa shape index (κ2) is 15.4. The van der Waals surface area contributed by atoms with E-state index in [1.165, 1.54) is 28.4 Å². The molecule has 0 aromatic heterocycles. The van der Waals surface area contributed by atoms with E-state index in [1.807, 2.05) is 48.5 Å². The highest BCUT2D eigenvalue weighted by Crippen LogP contribution is 2.93. The molecule has 448 valence electrons. The lowest BCUT2D eigenvalue weighted by molar-refractivity contribution is -0.330. The topological polar surface area (TPSA) is 170 Å². The van der Waals surface area contributed by atoms with Crippen LogP contribution in [0.15, 0.2) is 48.5 Å². The number of hydrogen-bond donors (Lipinski definition) is 0. The van der Waals surface area contributed by atoms with Crippen molar-refractivity contribution in [3.8, 4) is 23.0 Å². The molecular weight excluding hydrogens is 1120 g/mol. The summed E-state index contributed by atoms with van der Waals surface area (Å²) in [5, 5.41) is 2.82. The van der Waals surface area contributed by atoms with E-state index in [0.717, 1.165) is 28.4 Å². The Labute approximate surface area is 482 Å². The van der Waals surface area contributed by atoms with Gasteiger partial charge in [0.15, 0.2) is 33.6 Å². The van der Waals surface area contributed by atoms with Gasteiger partial charge in [-0.1, -0.05) is 48.5 Å². The molecule has 4 aromatic rings. The first-order chi connectivity index (χ1) is 40.7. The molecule has 15 nitrogen and oxygen atoms in total. The van der Waals surface area contributed by atoms with Gasteiger partial charge in [0.05, 0.1) is 56.9 Å². The van der Waals surface area contributed by atoms with Gasteiger partial charge in [-0.3, -0.25) is 0 Å². The molecule has 2 unspecified atom stereocenters. The predicted molar refractivity (Wildman–Crippen MR) is 279 cm³/mol. The average Bonchev–Trinajstić information content (AvgIpc) is 1.43. The zero-order chi connectivity index (χ0) is 59.0. The molecule has 0 N–H and O–H groups in total. The van der Waals surface area contributed by atoms with Crippen molar-refractivity contribution >= 4 is 45.4 Å². The van der Waals surface area contributed by atoms with Crippen LogP contribution in [-0.4, -0.2) is 127 Å². The molecule has 6 saturated heterocycles. The summed E-state index contributed by atoms with van der Waals surface area (Å²) in [5.74, 6) is -26.0. The molecule has 12 fully saturated rings. The molecule has 0 spiro atoms. The van der Waals surface area contributed by atoms with Crippen LogP contribution in [0.2, 0.25) is 0 Å². The maximum Gasteiger partial charge on any atom is 0.418 e. The smallest absolute Gasteiger partial charge is 0.418 e. The summed E-state index contributed by atoms with van der Waals surface area (Å²) in [6, 6.07) is 14.9. The van der Waals surface area contributed by atoms with Crippen molar-refractivity contribution in [3.05, 3.63) is 70.8 Å². The molecule has 14 bridgehead atoms. The van der Waals surface area contributed by atoms with Crippen LogP contribution < -0.4 is 18.9 Å². The molecule has 6 heterocycles. The van der Waals surface area contributed by atoms with Gasteiger partial charge in [-0.15, -0.1) is 0 Å². The van der Waals surface area contributed by atoms with Gasteiger partial charge in [0, 0.05) is 115 Å². The number of carbonyl (C=O) groups is 4. The van der Waals surface area contributed by atoms with Crippen molar-refractivity contribution < 1.29 is 97.6 Å². The fraction of sp³-hybridized carbons (Fsp3) is 0.625. The second-order valence-corrected chi connectivity index (χ2v) is 27.2. The monoisotopic (exact) mass is 1180 g/mol. The molecule has 0 radical (unpaired) electrons. The van der Waals surface area contributed by atoms with E-state index in [4.69, 9.17) is 52.1 Å². The summed E-state index contributed by atoms with van der Waals surface area (Å²) in [6.45, 7) is 0. The van der Waals surface area contributed by atoms with Crippen LogP contribution in [0.5, 0.6) is 23.0 Å². The van der Waals surface area contributed by atoms with Gasteiger partial charge in [-0.2, -0.15) is 26.3 Å². The Morgan fingerprint density at radius 1 is 0.365 bits per heavy atom. The molecule has 26 atom stereocenters. The summed E-state index contributed by atoms with van der Waals surface area (Å²) in [5.41, 5.74) is -12.8. The van der Waals surface area contributed by atoms with Crippen LogP contribution in [0.4, 0.5) is 26.3 Å². The van der Waals surface area contributed by atoms with Gasteiger partial charge in [-0.25, -0.2) is 19.2 Å². The number of ether oxygens (including phenoxy) is 11. The van der Waals surface area contributed by atoms with Gasteiger partial charge < -0.3 is 52.1 Å². The SMILES string of the molecule is COC(=O)[C@@]12O[C@@](C(=O)OC)([C@H]3[C@H]4C[C@H]([C@H]5[C@@H]4C4(C(F)(F)F)OC5(C(F)(F)F)[C@@H]5[C@@H]6C[C@H]([C@@H]54)[C@@H]4[C@H]6[C@]5(C(=O)OC)O[C@@]4(C(=O)OC)[C@@H]4[C@H]5[C@@H]5C[C@H]4c4c5c(OC)c5ccccc5c4OC)[C@H]31)[C@H]1[C@@H]2[C@H]2C[C@@H]1c1c2c(OC)c2ccccc2c1OC. The lowest BCUT2D eigenvalue weighted by Gasteiger charge is -2.60. The highest BCUT2D eigenvalue weighted by molar-refractivity contribution is 6.00. The molecule has 0 amide bonds. The fourth-order valence-corrected chi connectivity index (χ4v) is 26.0. The Kier molecular flexibility index (Phi) is 9.46. The van der Waals surface area contributed by atoms with Gasteiger partial charge in [-0.05, 0) is 73.0 Å². The average molecular weight is 1180 g/mol. The minimum Gasteiger partial charge on any atom is -0.496 e. The van der Waals surface area contributed by atoms with Crippen LogP contribution >= 0.6 is 0 Å². The van der Waals surface area contributed by atoms with Crippen molar-refractivity contribution in [3.63, 3.8) is 0 Å². The zero-order valence-corrected chi connectivity index (χ0v) is 47.4. The Hall–Kier alpha value is -6.06. The zero-order valence-electron chi connectivity index (χ0n) is 47.4. The van der Waals surface area contributed by atoms with E-state index in [0.29, 0.717) is 79.6 Å². The molecule has 6 aliphatic heterocycles. The third kappa shape index (κ3) is 4.74. The number of alkyl halides is 6. The largest absolute Gasteiger partial charge is 0.496 e. The van der Waals surface area contributed by atoms with Crippen molar-refractivity contribution in [1.82, 2.24) is 0 Å². The number of fused-ring (bicyclic) bond motifs is 52. The molecular formula is C64H60F6O15. The van der Waals surface area contributed by atoms with E-state index in [-0.39, 0.29) is 12.8 Å². The molecule has 18 rings (SSSR count). The lowest BCUT2D eigenvalue weighted by Crippen LogP contribution is -2.71. The molecule has 85 heavy (non-hydrogen) atoms. The van der Waals surface area contributed by atoms with Gasteiger partial charge in [0.25, 0.3) is 0 Å². The normalized spacial score (nSPS) is 47.6. The second-order valence-electron chi connectivity index (χ2n) is 27.2. The van der Waals surface area contributed by atoms with Crippen LogP contribution in [0.3, 0.4) is 0 Å². The molecule has 14 aliphatic rings. The van der Waals surface area contributed by atoms with Crippen LogP contribution in [0.25, 0.3) is 21.5 Å². The quantitative estimate of drug-likeness (QED) is 0.0930. The van der Waals surface area contributed by atoms with Gasteiger partial charge in [0.2, 0.25) is 0 Å². The highest BCUT2D eigenvalue weighted by atomic mass is 19.4. The third-order valence-electron chi connectivity index (χ3n) is 26.4. The summed E-state index contributed by atoms with van der Waals surface area (Å²) in [7, 11) is 10.7. The Morgan fingerprint density at radius 2 is 0.600 bits per heavy atom. The van der Waals surface area contributed by atoms with Crippen molar-refractivity contribution in [1.29, 1.82) is 0 Å². The van der Waals surface area contributed by atoms with E-state index >= 15 is 45.5 Å². The molecule has 4 aromatic carbocycles. The molecule has 21 heteroatoms. The number of carbonyl (C=O) groups excluding carboxylic acids is 4. The van der Waals surface area contributed by atoms with Crippen molar-refractivity contribution in [2.75, 3.05) is 56.9 Å². The summed E-state index contributed by atoms with van der Waals surface area (Å²) in [6.07, 6.45) is -10.7. The fourth-order valence-electron chi connectivity index (χ4n) is 26.0. The molecule has 6 saturated carbocycles. The predicted octanol–water partition coefficient (Wildman–Crippen LogP) is 8.97. The van der Waals surface area contributed by atoms with E-state index in [2.05, 4.69) is 0 Å². The van der Waals surface area contributed by atoms with Gasteiger partial charge >= 0.3 is 36.2 Å². The number of benzene rings is 4. The first-order valence-corrected chi connectivity index (χ1v) is 29.6. The third-order valence-corrected chi connectivity index (χ3v) is 26.4. The Balaban J connectivity index is 0.844. The van der Waals surface area contributed by atoms with E-state index < -0.39 is 188 Å². The maximum atomic E-state index is 17.8. The first-order valence-electron chi connectivity index (χ1n) is 29.6. The number of methoxy groups -OCH3 is 8. The first kappa shape index (κ1) is 52.1. The summed E-state index contributed by atoms with van der Waals surface area (Å²) >= 11 is 0. The Bertz CT molecular complexity index is 3350. The summed E-state index contributed by atoms with van der Waals surface area (Å²) < 4.78 is 175. The standard InChI is InChI=1S/C64H60F6O15/c1-75-49-21-13-9-10-14-22(21)50(76-2)34-26-17-25(33(34)49)37-38(26)58(54(72)80-6)42-30-19-29(41(42)57(37,83-58)53(71)79-5)45-46(30)62(64(68,69)70)48-32-20-31(47(48)61(45,85-62)63(65,66)67)43-44(32)60(56(74)82-8)40-28-18-27(39(40)59(43,84-60)55(73)81-7)35-36(28)52(78-4)24-16-12-11-15-23(24)51(35)77-3/h9-16,25-32,37-48H,17-20H2,1-8H3/t25-,26+,27+,28-,29-,30+,31+,32-,37-,38+,39+,40-,41+,42-,43-,44+,45-,46+,47+,48-,57-,58+,59+,60-,61?,62?. The van der Waals surface area contributed by atoms with E-state index in [9.17, 15) is 0 Å². The number of halogens is 6. The van der Waals surface area contributed by atoms with Crippen molar-refractivity contribution in [2.45, 2.75) is 95.3 Å². The minimum absolute atomic E-state index is 0.213. The van der Waals surface area contributed by atoms with E-state index in [1.54, 1.807) is 0 Å². The van der Waals surface area contributed by atoms with Gasteiger partial charge in [0.1, 0.15) is 23.0 Å².